The van der Waals surface area contributed by atoms with Gasteiger partial charge in [-0.3, -0.25) is 5.32 Å². The maximum Gasteiger partial charge on any atom is 0.413 e. The first kappa shape index (κ1) is 21.2. The van der Waals surface area contributed by atoms with E-state index in [1.54, 1.807) is 18.3 Å². The number of nitrogen functional groups attached to an aromatic ring is 1. The second-order valence-electron chi connectivity index (χ2n) is 8.31. The summed E-state index contributed by atoms with van der Waals surface area (Å²) >= 11 is 0. The van der Waals surface area contributed by atoms with E-state index in [2.05, 4.69) is 20.6 Å². The van der Waals surface area contributed by atoms with Crippen molar-refractivity contribution >= 4 is 34.1 Å². The molecule has 5 N–H and O–H groups in total. The highest BCUT2D eigenvalue weighted by Crippen LogP contribution is 2.39. The summed E-state index contributed by atoms with van der Waals surface area (Å²) in [5.41, 5.74) is 8.48. The van der Waals surface area contributed by atoms with Crippen LogP contribution in [0.4, 0.5) is 26.4 Å². The number of rotatable bonds is 3. The number of ether oxygens (including phenoxy) is 2. The van der Waals surface area contributed by atoms with Crippen LogP contribution in [0.3, 0.4) is 0 Å². The summed E-state index contributed by atoms with van der Waals surface area (Å²) in [7, 11) is 0. The van der Waals surface area contributed by atoms with E-state index in [0.29, 0.717) is 60.2 Å². The number of nitrogens with one attached hydrogen (secondary N) is 2. The molecule has 172 valence electrons. The summed E-state index contributed by atoms with van der Waals surface area (Å²) in [6.07, 6.45) is 3.21. The molecule has 2 atom stereocenters. The number of hydrogen-bond acceptors (Lipinski definition) is 8. The molecule has 10 heteroatoms. The van der Waals surface area contributed by atoms with Gasteiger partial charge in [0.05, 0.1) is 11.8 Å². The van der Waals surface area contributed by atoms with Crippen molar-refractivity contribution in [3.8, 4) is 17.0 Å². The lowest BCUT2D eigenvalue weighted by Crippen LogP contribution is -2.21. The van der Waals surface area contributed by atoms with E-state index in [-0.39, 0.29) is 17.6 Å². The van der Waals surface area contributed by atoms with Crippen LogP contribution in [0.15, 0.2) is 24.5 Å². The molecule has 0 bridgehead atoms. The molecule has 1 fully saturated rings. The lowest BCUT2D eigenvalue weighted by Gasteiger charge is -2.22. The number of aliphatic hydroxyl groups is 1. The molecule has 1 aliphatic heterocycles. The molecule has 0 radical (unpaired) electrons. The summed E-state index contributed by atoms with van der Waals surface area (Å²) in [5, 5.41) is 16.5. The molecule has 1 aliphatic carbocycles. The number of fused-ring (bicyclic) bond motifs is 2. The Bertz CT molecular complexity index is 1250. The zero-order valence-corrected chi connectivity index (χ0v) is 18.0. The van der Waals surface area contributed by atoms with Crippen molar-refractivity contribution in [3.05, 3.63) is 35.9 Å². The minimum Gasteiger partial charge on any atom is -0.474 e. The van der Waals surface area contributed by atoms with Crippen molar-refractivity contribution in [1.82, 2.24) is 9.97 Å². The highest BCUT2D eigenvalue weighted by molar-refractivity contribution is 5.99. The molecule has 0 saturated heterocycles. The third-order valence-corrected chi connectivity index (χ3v) is 6.10. The summed E-state index contributed by atoms with van der Waals surface area (Å²) in [4.78, 5) is 20.7. The van der Waals surface area contributed by atoms with E-state index in [4.69, 9.17) is 15.2 Å². The highest BCUT2D eigenvalue weighted by Gasteiger charge is 2.26. The van der Waals surface area contributed by atoms with Gasteiger partial charge in [0.2, 0.25) is 5.88 Å². The summed E-state index contributed by atoms with van der Waals surface area (Å²) in [6, 6.07) is 3.27. The first-order chi connectivity index (χ1) is 15.9. The average molecular weight is 453 g/mol. The maximum absolute atomic E-state index is 15.3. The van der Waals surface area contributed by atoms with Gasteiger partial charge in [-0.1, -0.05) is 0 Å². The van der Waals surface area contributed by atoms with Crippen LogP contribution in [0.5, 0.6) is 5.88 Å². The molecule has 1 amide bonds. The van der Waals surface area contributed by atoms with Crippen LogP contribution in [0, 0.1) is 12.7 Å². The number of amides is 1. The number of carbonyl (C=O) groups excluding carboxylic acids is 1. The van der Waals surface area contributed by atoms with Crippen molar-refractivity contribution < 1.29 is 23.8 Å². The monoisotopic (exact) mass is 453 g/mol. The zero-order chi connectivity index (χ0) is 23.1. The number of halogens is 1. The molecule has 3 aromatic rings. The van der Waals surface area contributed by atoms with Crippen LogP contribution < -0.4 is 21.1 Å². The standard InChI is InChI=1S/C23H24FN5O4/c1-11-16(9-28-22-21(11)26-4-5-32-22)15-6-12-7-18(27-10-17(12)20(25)19(15)24)29-23(31)33-14-3-2-13(30)8-14/h6-7,9-10,13-14,26,30H,2-5,8,25H2,1H3,(H,27,29,31). The molecule has 33 heavy (non-hydrogen) atoms. The van der Waals surface area contributed by atoms with Gasteiger partial charge in [0, 0.05) is 41.9 Å². The Kier molecular flexibility index (Phi) is 5.37. The van der Waals surface area contributed by atoms with Gasteiger partial charge in [-0.15, -0.1) is 0 Å². The number of nitrogens with zero attached hydrogens (tertiary/aromatic N) is 2. The summed E-state index contributed by atoms with van der Waals surface area (Å²) in [5.74, 6) is 0.171. The molecule has 2 aliphatic rings. The quantitative estimate of drug-likeness (QED) is 0.443. The molecule has 5 rings (SSSR count). The number of hydrogen-bond donors (Lipinski definition) is 4. The van der Waals surface area contributed by atoms with Crippen LogP contribution in [0.25, 0.3) is 21.9 Å². The Morgan fingerprint density at radius 3 is 2.94 bits per heavy atom. The van der Waals surface area contributed by atoms with Gasteiger partial charge in [0.25, 0.3) is 0 Å². The van der Waals surface area contributed by atoms with E-state index in [1.165, 1.54) is 6.20 Å². The average Bonchev–Trinajstić information content (AvgIpc) is 3.21. The first-order valence-corrected chi connectivity index (χ1v) is 10.8. The van der Waals surface area contributed by atoms with Crippen molar-refractivity contribution in [2.45, 2.75) is 38.4 Å². The topological polar surface area (TPSA) is 132 Å². The largest absolute Gasteiger partial charge is 0.474 e. The molecule has 2 unspecified atom stereocenters. The third kappa shape index (κ3) is 3.97. The Balaban J connectivity index is 1.47. The van der Waals surface area contributed by atoms with E-state index >= 15 is 4.39 Å². The van der Waals surface area contributed by atoms with Crippen LogP contribution in [0.1, 0.15) is 24.8 Å². The predicted octanol–water partition coefficient (Wildman–Crippen LogP) is 3.59. The Morgan fingerprint density at radius 1 is 1.30 bits per heavy atom. The fourth-order valence-corrected chi connectivity index (χ4v) is 4.36. The number of carbonyl (C=O) groups is 1. The fourth-order valence-electron chi connectivity index (χ4n) is 4.36. The van der Waals surface area contributed by atoms with Crippen molar-refractivity contribution in [3.63, 3.8) is 0 Å². The third-order valence-electron chi connectivity index (χ3n) is 6.10. The Hall–Kier alpha value is -3.66. The molecular weight excluding hydrogens is 429 g/mol. The summed E-state index contributed by atoms with van der Waals surface area (Å²) < 4.78 is 26.2. The van der Waals surface area contributed by atoms with Gasteiger partial charge in [0.15, 0.2) is 5.82 Å². The number of aromatic nitrogens is 2. The van der Waals surface area contributed by atoms with Crippen molar-refractivity contribution in [1.29, 1.82) is 0 Å². The molecule has 0 spiro atoms. The Morgan fingerprint density at radius 2 is 2.15 bits per heavy atom. The molecular formula is C23H24FN5O4. The Labute approximate surface area is 189 Å². The SMILES string of the molecule is Cc1c(-c2cc3cc(NC(=O)OC4CCC(O)C4)ncc3c(N)c2F)cnc2c1NCCO2. The number of benzene rings is 1. The molecule has 2 aromatic heterocycles. The molecule has 9 nitrogen and oxygen atoms in total. The van der Waals surface area contributed by atoms with Crippen LogP contribution in [0.2, 0.25) is 0 Å². The summed E-state index contributed by atoms with van der Waals surface area (Å²) in [6.45, 7) is 3.02. The van der Waals surface area contributed by atoms with Gasteiger partial charge in [-0.05, 0) is 42.8 Å². The lowest BCUT2D eigenvalue weighted by atomic mass is 9.97. The van der Waals surface area contributed by atoms with Gasteiger partial charge in [-0.25, -0.2) is 19.2 Å². The van der Waals surface area contributed by atoms with E-state index < -0.39 is 18.0 Å². The van der Waals surface area contributed by atoms with Crippen LogP contribution >= 0.6 is 0 Å². The second kappa shape index (κ2) is 8.36. The minimum absolute atomic E-state index is 0.0367. The van der Waals surface area contributed by atoms with Crippen LogP contribution in [-0.2, 0) is 4.74 Å². The van der Waals surface area contributed by atoms with Crippen molar-refractivity contribution in [2.24, 2.45) is 0 Å². The molecule has 3 heterocycles. The first-order valence-electron chi connectivity index (χ1n) is 10.8. The lowest BCUT2D eigenvalue weighted by molar-refractivity contribution is 0.0999. The highest BCUT2D eigenvalue weighted by atomic mass is 19.1. The number of aliphatic hydroxyl groups excluding tert-OH is 1. The van der Waals surface area contributed by atoms with Gasteiger partial charge in [0.1, 0.15) is 24.2 Å². The van der Waals surface area contributed by atoms with E-state index in [9.17, 15) is 9.90 Å². The number of anilines is 3. The predicted molar refractivity (Wildman–Crippen MR) is 122 cm³/mol. The number of pyridine rings is 2. The smallest absolute Gasteiger partial charge is 0.413 e. The van der Waals surface area contributed by atoms with Gasteiger partial charge < -0.3 is 25.6 Å². The normalized spacial score (nSPS) is 19.5. The molecule has 1 saturated carbocycles. The van der Waals surface area contributed by atoms with Gasteiger partial charge >= 0.3 is 6.09 Å². The minimum atomic E-state index is -0.655. The maximum atomic E-state index is 15.3. The second-order valence-corrected chi connectivity index (χ2v) is 8.31. The fraction of sp³-hybridized carbons (Fsp3) is 0.348. The zero-order valence-electron chi connectivity index (χ0n) is 18.0. The number of nitrogens with two attached hydrogens (primary N) is 1. The van der Waals surface area contributed by atoms with Crippen molar-refractivity contribution in [2.75, 3.05) is 29.5 Å². The van der Waals surface area contributed by atoms with E-state index in [0.717, 1.165) is 11.3 Å². The van der Waals surface area contributed by atoms with Gasteiger partial charge in [-0.2, -0.15) is 0 Å². The van der Waals surface area contributed by atoms with Crippen LogP contribution in [-0.4, -0.2) is 46.5 Å². The molecule has 1 aromatic carbocycles. The van der Waals surface area contributed by atoms with E-state index in [1.807, 2.05) is 6.92 Å².